The van der Waals surface area contributed by atoms with Crippen LogP contribution in [0.3, 0.4) is 0 Å². The first-order valence-electron chi connectivity index (χ1n) is 14.6. The Bertz CT molecular complexity index is 1400. The SMILES string of the molecule is CNC1CCC(C(=O)N2CCCC(C(O)(CCCNC(=O)O)c3cccc(F)c3-c3cnc4ccccc4c3)C2)C1. The highest BCUT2D eigenvalue weighted by Crippen LogP contribution is 2.45. The number of para-hydroxylation sites is 1. The molecule has 9 heteroatoms. The molecule has 2 amide bonds. The minimum atomic E-state index is -1.49. The molecule has 1 saturated heterocycles. The molecule has 218 valence electrons. The number of hydrogen-bond donors (Lipinski definition) is 4. The predicted octanol–water partition coefficient (Wildman–Crippen LogP) is 4.90. The van der Waals surface area contributed by atoms with Crippen LogP contribution in [0, 0.1) is 17.7 Å². The number of halogens is 1. The number of pyridine rings is 1. The van der Waals surface area contributed by atoms with E-state index in [2.05, 4.69) is 15.6 Å². The third-order valence-electron chi connectivity index (χ3n) is 8.97. The van der Waals surface area contributed by atoms with Crippen LogP contribution in [0.15, 0.2) is 54.7 Å². The molecule has 2 aromatic carbocycles. The van der Waals surface area contributed by atoms with Crippen molar-refractivity contribution in [2.75, 3.05) is 26.7 Å². The fraction of sp³-hybridized carbons (Fsp3) is 0.469. The summed E-state index contributed by atoms with van der Waals surface area (Å²) in [5.41, 5.74) is 0.589. The number of aliphatic hydroxyl groups is 1. The van der Waals surface area contributed by atoms with Crippen molar-refractivity contribution in [1.82, 2.24) is 20.5 Å². The van der Waals surface area contributed by atoms with E-state index in [9.17, 15) is 14.7 Å². The summed E-state index contributed by atoms with van der Waals surface area (Å²) in [4.78, 5) is 31.1. The van der Waals surface area contributed by atoms with Crippen molar-refractivity contribution < 1.29 is 24.2 Å². The Balaban J connectivity index is 1.50. The fourth-order valence-corrected chi connectivity index (χ4v) is 6.79. The van der Waals surface area contributed by atoms with Gasteiger partial charge in [0.15, 0.2) is 0 Å². The van der Waals surface area contributed by atoms with Gasteiger partial charge in [0.2, 0.25) is 5.91 Å². The summed E-state index contributed by atoms with van der Waals surface area (Å²) in [6.07, 6.45) is 5.09. The fourth-order valence-electron chi connectivity index (χ4n) is 6.79. The summed E-state index contributed by atoms with van der Waals surface area (Å²) in [5, 5.41) is 28.2. The molecule has 1 saturated carbocycles. The van der Waals surface area contributed by atoms with Crippen molar-refractivity contribution in [2.45, 2.75) is 56.6 Å². The molecule has 1 aromatic heterocycles. The number of piperidine rings is 1. The molecule has 5 rings (SSSR count). The van der Waals surface area contributed by atoms with Crippen molar-refractivity contribution >= 4 is 22.9 Å². The second kappa shape index (κ2) is 12.5. The Morgan fingerprint density at radius 3 is 2.76 bits per heavy atom. The van der Waals surface area contributed by atoms with Gasteiger partial charge in [-0.2, -0.15) is 0 Å². The normalized spacial score (nSPS) is 22.4. The summed E-state index contributed by atoms with van der Waals surface area (Å²) in [5.74, 6) is -0.719. The number of carbonyl (C=O) groups is 2. The maximum Gasteiger partial charge on any atom is 0.404 e. The zero-order valence-electron chi connectivity index (χ0n) is 23.5. The van der Waals surface area contributed by atoms with Gasteiger partial charge in [0.1, 0.15) is 5.82 Å². The Morgan fingerprint density at radius 2 is 1.98 bits per heavy atom. The summed E-state index contributed by atoms with van der Waals surface area (Å²) < 4.78 is 15.7. The first-order chi connectivity index (χ1) is 19.8. The van der Waals surface area contributed by atoms with E-state index < -0.39 is 17.5 Å². The largest absolute Gasteiger partial charge is 0.465 e. The number of aromatic nitrogens is 1. The highest BCUT2D eigenvalue weighted by Gasteiger charge is 2.44. The van der Waals surface area contributed by atoms with Gasteiger partial charge >= 0.3 is 6.09 Å². The zero-order valence-corrected chi connectivity index (χ0v) is 23.5. The van der Waals surface area contributed by atoms with Crippen molar-refractivity contribution in [1.29, 1.82) is 0 Å². The third-order valence-corrected chi connectivity index (χ3v) is 8.97. The maximum atomic E-state index is 15.7. The minimum absolute atomic E-state index is 0.0348. The van der Waals surface area contributed by atoms with Crippen LogP contribution in [0.1, 0.15) is 50.5 Å². The Labute approximate surface area is 240 Å². The summed E-state index contributed by atoms with van der Waals surface area (Å²) in [6, 6.07) is 14.6. The lowest BCUT2D eigenvalue weighted by atomic mass is 9.72. The number of amides is 2. The van der Waals surface area contributed by atoms with Gasteiger partial charge in [-0.15, -0.1) is 0 Å². The van der Waals surface area contributed by atoms with Crippen molar-refractivity contribution in [2.24, 2.45) is 11.8 Å². The molecule has 3 aromatic rings. The van der Waals surface area contributed by atoms with E-state index in [0.29, 0.717) is 43.1 Å². The standard InChI is InChI=1S/C32H39FN4O4/c1-34-25-13-12-22(18-25)30(38)37-16-5-8-24(20-37)32(41,14-6-15-35-31(39)40)26-9-4-10-27(33)29(26)23-17-21-7-2-3-11-28(21)36-19-23/h2-4,7,9-11,17,19,22,24-25,34-35,41H,5-6,8,12-16,18,20H2,1H3,(H,39,40). The van der Waals surface area contributed by atoms with Crippen molar-refractivity contribution in [3.05, 3.63) is 66.1 Å². The lowest BCUT2D eigenvalue weighted by Gasteiger charge is -2.44. The average molecular weight is 563 g/mol. The van der Waals surface area contributed by atoms with Gasteiger partial charge in [-0.3, -0.25) is 9.78 Å². The van der Waals surface area contributed by atoms with Crippen LogP contribution in [0.2, 0.25) is 0 Å². The van der Waals surface area contributed by atoms with Crippen LogP contribution in [0.5, 0.6) is 0 Å². The van der Waals surface area contributed by atoms with Gasteiger partial charge in [0.05, 0.1) is 11.1 Å². The Kier molecular flexibility index (Phi) is 8.85. The molecule has 2 fully saturated rings. The monoisotopic (exact) mass is 562 g/mol. The van der Waals surface area contributed by atoms with Crippen LogP contribution in [-0.2, 0) is 10.4 Å². The predicted molar refractivity (Wildman–Crippen MR) is 156 cm³/mol. The van der Waals surface area contributed by atoms with Gasteiger partial charge in [-0.1, -0.05) is 30.3 Å². The van der Waals surface area contributed by atoms with Gasteiger partial charge < -0.3 is 25.7 Å². The summed E-state index contributed by atoms with van der Waals surface area (Å²) >= 11 is 0. The second-order valence-corrected chi connectivity index (χ2v) is 11.5. The van der Waals surface area contributed by atoms with E-state index in [-0.39, 0.29) is 36.3 Å². The molecule has 4 N–H and O–H groups in total. The highest BCUT2D eigenvalue weighted by atomic mass is 19.1. The average Bonchev–Trinajstić information content (AvgIpc) is 3.48. The van der Waals surface area contributed by atoms with Crippen LogP contribution in [0.25, 0.3) is 22.0 Å². The van der Waals surface area contributed by atoms with Crippen LogP contribution >= 0.6 is 0 Å². The van der Waals surface area contributed by atoms with E-state index >= 15 is 4.39 Å². The molecule has 1 aliphatic heterocycles. The zero-order chi connectivity index (χ0) is 29.0. The van der Waals surface area contributed by atoms with E-state index in [1.54, 1.807) is 18.3 Å². The third kappa shape index (κ3) is 6.21. The second-order valence-electron chi connectivity index (χ2n) is 11.5. The molecular weight excluding hydrogens is 523 g/mol. The van der Waals surface area contributed by atoms with Gasteiger partial charge in [-0.05, 0) is 75.8 Å². The van der Waals surface area contributed by atoms with E-state index in [4.69, 9.17) is 5.11 Å². The smallest absolute Gasteiger partial charge is 0.404 e. The quantitative estimate of drug-likeness (QED) is 0.276. The van der Waals surface area contributed by atoms with Crippen LogP contribution < -0.4 is 10.6 Å². The molecule has 0 bridgehead atoms. The maximum absolute atomic E-state index is 15.7. The molecule has 0 spiro atoms. The number of carboxylic acid groups (broad SMARTS) is 1. The number of fused-ring (bicyclic) bond motifs is 1. The van der Waals surface area contributed by atoms with Gasteiger partial charge in [0.25, 0.3) is 0 Å². The number of hydrogen-bond acceptors (Lipinski definition) is 5. The molecule has 0 radical (unpaired) electrons. The van der Waals surface area contributed by atoms with Gasteiger partial charge in [0, 0.05) is 60.2 Å². The number of carbonyl (C=O) groups excluding carboxylic acids is 1. The first kappa shape index (κ1) is 29.0. The molecule has 8 nitrogen and oxygen atoms in total. The highest BCUT2D eigenvalue weighted by molar-refractivity contribution is 5.84. The topological polar surface area (TPSA) is 115 Å². The molecule has 2 aliphatic rings. The molecular formula is C32H39FN4O4. The number of nitrogens with zero attached hydrogens (tertiary/aromatic N) is 2. The molecule has 4 unspecified atom stereocenters. The summed E-state index contributed by atoms with van der Waals surface area (Å²) in [6.45, 7) is 1.16. The number of likely N-dealkylation sites (tertiary alicyclic amines) is 1. The number of rotatable bonds is 9. The van der Waals surface area contributed by atoms with E-state index in [1.807, 2.05) is 42.3 Å². The Morgan fingerprint density at radius 1 is 1.15 bits per heavy atom. The van der Waals surface area contributed by atoms with Gasteiger partial charge in [-0.25, -0.2) is 9.18 Å². The lowest BCUT2D eigenvalue weighted by Crippen LogP contribution is -2.49. The van der Waals surface area contributed by atoms with E-state index in [0.717, 1.165) is 36.6 Å². The first-order valence-corrected chi connectivity index (χ1v) is 14.6. The van der Waals surface area contributed by atoms with Crippen molar-refractivity contribution in [3.8, 4) is 11.1 Å². The summed E-state index contributed by atoms with van der Waals surface area (Å²) in [7, 11) is 1.93. The van der Waals surface area contributed by atoms with Crippen molar-refractivity contribution in [3.63, 3.8) is 0 Å². The minimum Gasteiger partial charge on any atom is -0.465 e. The Hall–Kier alpha value is -3.56. The molecule has 41 heavy (non-hydrogen) atoms. The molecule has 1 aliphatic carbocycles. The van der Waals surface area contributed by atoms with E-state index in [1.165, 1.54) is 6.07 Å². The number of benzene rings is 2. The van der Waals surface area contributed by atoms with Crippen LogP contribution in [0.4, 0.5) is 9.18 Å². The lowest BCUT2D eigenvalue weighted by molar-refractivity contribution is -0.140. The van der Waals surface area contributed by atoms with Crippen LogP contribution in [-0.4, -0.2) is 64.8 Å². The molecule has 4 atom stereocenters. The number of nitrogens with one attached hydrogen (secondary N) is 2. The molecule has 2 heterocycles.